The lowest BCUT2D eigenvalue weighted by Crippen LogP contribution is -2.36. The molecule has 0 fully saturated rings. The summed E-state index contributed by atoms with van der Waals surface area (Å²) in [6.07, 6.45) is -0.197. The van der Waals surface area contributed by atoms with E-state index in [1.807, 2.05) is 31.2 Å². The predicted molar refractivity (Wildman–Crippen MR) is 122 cm³/mol. The fraction of sp³-hybridized carbons (Fsp3) is 0.182. The number of H-pyrrole nitrogens is 1. The number of fused-ring (bicyclic) bond motifs is 1. The van der Waals surface area contributed by atoms with Gasteiger partial charge in [-0.25, -0.2) is 0 Å². The number of aryl methyl sites for hydroxylation is 1. The fourth-order valence-electron chi connectivity index (χ4n) is 3.43. The van der Waals surface area contributed by atoms with Crippen LogP contribution >= 0.6 is 11.6 Å². The van der Waals surface area contributed by atoms with E-state index in [2.05, 4.69) is 25.9 Å². The molecule has 1 atom stereocenters. The zero-order chi connectivity index (χ0) is 22.8. The molecule has 1 aromatic heterocycles. The van der Waals surface area contributed by atoms with Crippen LogP contribution in [0.5, 0.6) is 5.75 Å². The second kappa shape index (κ2) is 8.72. The number of aromatic nitrogens is 2. The number of carbonyl (C=O) groups is 2. The van der Waals surface area contributed by atoms with E-state index >= 15 is 0 Å². The van der Waals surface area contributed by atoms with Gasteiger partial charge in [-0.3, -0.25) is 19.4 Å². The number of hydrogen-bond donors (Lipinski definition) is 4. The second-order valence-electron chi connectivity index (χ2n) is 7.31. The van der Waals surface area contributed by atoms with Gasteiger partial charge in [-0.15, -0.1) is 0 Å². The SMILES string of the molecule is COc1ccc(Cl)cc1NC(=O)C1CC(=O)Nc2nc(Nc3ccc(C)cc3)[nH]c(=O)c21. The number of hydrogen-bond acceptors (Lipinski definition) is 6. The van der Waals surface area contributed by atoms with E-state index < -0.39 is 23.3 Å². The summed E-state index contributed by atoms with van der Waals surface area (Å²) in [7, 11) is 1.46. The molecule has 2 amide bonds. The third-order valence-corrected chi connectivity index (χ3v) is 5.24. The Balaban J connectivity index is 1.65. The first-order valence-electron chi connectivity index (χ1n) is 9.76. The van der Waals surface area contributed by atoms with Crippen LogP contribution in [-0.4, -0.2) is 28.9 Å². The summed E-state index contributed by atoms with van der Waals surface area (Å²) < 4.78 is 5.24. The molecule has 3 aromatic rings. The van der Waals surface area contributed by atoms with Crippen LogP contribution < -0.4 is 26.2 Å². The van der Waals surface area contributed by atoms with E-state index in [4.69, 9.17) is 16.3 Å². The first-order valence-corrected chi connectivity index (χ1v) is 10.1. The van der Waals surface area contributed by atoms with Crippen molar-refractivity contribution in [3.8, 4) is 5.75 Å². The summed E-state index contributed by atoms with van der Waals surface area (Å²) >= 11 is 6.02. The number of aromatic amines is 1. The lowest BCUT2D eigenvalue weighted by molar-refractivity contribution is -0.123. The lowest BCUT2D eigenvalue weighted by atomic mass is 9.92. The van der Waals surface area contributed by atoms with Crippen molar-refractivity contribution in [1.82, 2.24) is 9.97 Å². The van der Waals surface area contributed by atoms with E-state index in [0.717, 1.165) is 5.56 Å². The Morgan fingerprint density at radius 2 is 1.94 bits per heavy atom. The Hall–Kier alpha value is -3.85. The average Bonchev–Trinajstić information content (AvgIpc) is 2.74. The molecule has 1 aliphatic heterocycles. The summed E-state index contributed by atoms with van der Waals surface area (Å²) in [5.41, 5.74) is 1.68. The molecule has 1 unspecified atom stereocenters. The van der Waals surface area contributed by atoms with Crippen LogP contribution in [0, 0.1) is 6.92 Å². The zero-order valence-corrected chi connectivity index (χ0v) is 18.0. The van der Waals surface area contributed by atoms with Gasteiger partial charge in [0.15, 0.2) is 0 Å². The predicted octanol–water partition coefficient (Wildman–Crippen LogP) is 3.55. The number of nitrogens with zero attached hydrogens (tertiary/aromatic N) is 1. The number of nitrogens with one attached hydrogen (secondary N) is 4. The minimum Gasteiger partial charge on any atom is -0.495 e. The standard InChI is InChI=1S/C22H20ClN5O4/c1-11-3-6-13(7-4-11)24-22-27-19-18(21(31)28-22)14(10-17(29)26-19)20(30)25-15-9-12(23)5-8-16(15)32-2/h3-9,14H,10H2,1-2H3,(H,25,30)(H3,24,26,27,28,29,31). The van der Waals surface area contributed by atoms with Crippen LogP contribution in [0.15, 0.2) is 47.3 Å². The maximum absolute atomic E-state index is 13.0. The Morgan fingerprint density at radius 3 is 2.66 bits per heavy atom. The maximum Gasteiger partial charge on any atom is 0.258 e. The van der Waals surface area contributed by atoms with Gasteiger partial charge < -0.3 is 20.7 Å². The van der Waals surface area contributed by atoms with Crippen molar-refractivity contribution in [2.75, 3.05) is 23.1 Å². The topological polar surface area (TPSA) is 125 Å². The first kappa shape index (κ1) is 21.4. The van der Waals surface area contributed by atoms with Gasteiger partial charge in [0.2, 0.25) is 17.8 Å². The van der Waals surface area contributed by atoms with Gasteiger partial charge >= 0.3 is 0 Å². The molecule has 4 rings (SSSR count). The fourth-order valence-corrected chi connectivity index (χ4v) is 3.60. The summed E-state index contributed by atoms with van der Waals surface area (Å²) in [5, 5.41) is 8.67. The van der Waals surface area contributed by atoms with Crippen LogP contribution in [-0.2, 0) is 9.59 Å². The summed E-state index contributed by atoms with van der Waals surface area (Å²) in [4.78, 5) is 45.1. The molecule has 0 bridgehead atoms. The quantitative estimate of drug-likeness (QED) is 0.468. The summed E-state index contributed by atoms with van der Waals surface area (Å²) in [5.74, 6) is -1.42. The number of halogens is 1. The maximum atomic E-state index is 13.0. The molecule has 164 valence electrons. The molecule has 0 spiro atoms. The first-order chi connectivity index (χ1) is 15.3. The lowest BCUT2D eigenvalue weighted by Gasteiger charge is -2.24. The molecule has 4 N–H and O–H groups in total. The zero-order valence-electron chi connectivity index (χ0n) is 17.3. The third kappa shape index (κ3) is 4.42. The second-order valence-corrected chi connectivity index (χ2v) is 7.74. The van der Waals surface area contributed by atoms with Gasteiger partial charge in [-0.2, -0.15) is 4.98 Å². The van der Waals surface area contributed by atoms with Crippen LogP contribution in [0.3, 0.4) is 0 Å². The van der Waals surface area contributed by atoms with Gasteiger partial charge in [0.05, 0.1) is 24.3 Å². The molecule has 0 aliphatic carbocycles. The van der Waals surface area contributed by atoms with Gasteiger partial charge in [0.1, 0.15) is 11.6 Å². The molecule has 10 heteroatoms. The molecule has 0 saturated heterocycles. The number of carbonyl (C=O) groups excluding carboxylic acids is 2. The molecular formula is C22H20ClN5O4. The summed E-state index contributed by atoms with van der Waals surface area (Å²) in [6, 6.07) is 12.2. The third-order valence-electron chi connectivity index (χ3n) is 5.00. The van der Waals surface area contributed by atoms with Gasteiger partial charge in [0.25, 0.3) is 5.56 Å². The van der Waals surface area contributed by atoms with E-state index in [9.17, 15) is 14.4 Å². The van der Waals surface area contributed by atoms with E-state index in [1.54, 1.807) is 12.1 Å². The van der Waals surface area contributed by atoms with Crippen LogP contribution in [0.2, 0.25) is 5.02 Å². The Kier molecular flexibility index (Phi) is 5.83. The van der Waals surface area contributed by atoms with Gasteiger partial charge in [-0.1, -0.05) is 29.3 Å². The van der Waals surface area contributed by atoms with E-state index in [1.165, 1.54) is 13.2 Å². The largest absolute Gasteiger partial charge is 0.495 e. The molecule has 9 nitrogen and oxygen atoms in total. The number of methoxy groups -OCH3 is 1. The highest BCUT2D eigenvalue weighted by molar-refractivity contribution is 6.31. The van der Waals surface area contributed by atoms with E-state index in [-0.39, 0.29) is 23.8 Å². The highest BCUT2D eigenvalue weighted by atomic mass is 35.5. The normalized spacial score (nSPS) is 14.8. The molecule has 2 aromatic carbocycles. The highest BCUT2D eigenvalue weighted by Gasteiger charge is 2.35. The Morgan fingerprint density at radius 1 is 1.19 bits per heavy atom. The number of ether oxygens (including phenoxy) is 1. The van der Waals surface area contributed by atoms with Crippen molar-refractivity contribution < 1.29 is 14.3 Å². The molecule has 2 heterocycles. The Labute approximate surface area is 188 Å². The van der Waals surface area contributed by atoms with Crippen molar-refractivity contribution in [1.29, 1.82) is 0 Å². The van der Waals surface area contributed by atoms with Crippen molar-refractivity contribution >= 4 is 46.6 Å². The van der Waals surface area contributed by atoms with Crippen molar-refractivity contribution in [2.45, 2.75) is 19.3 Å². The number of rotatable bonds is 5. The number of benzene rings is 2. The molecular weight excluding hydrogens is 434 g/mol. The molecule has 0 radical (unpaired) electrons. The average molecular weight is 454 g/mol. The molecule has 1 aliphatic rings. The minimum absolute atomic E-state index is 0.0396. The van der Waals surface area contributed by atoms with Crippen LogP contribution in [0.4, 0.5) is 23.1 Å². The monoisotopic (exact) mass is 453 g/mol. The van der Waals surface area contributed by atoms with Gasteiger partial charge in [-0.05, 0) is 37.3 Å². The minimum atomic E-state index is -1.04. The number of amides is 2. The van der Waals surface area contributed by atoms with E-state index in [0.29, 0.717) is 22.1 Å². The highest BCUT2D eigenvalue weighted by Crippen LogP contribution is 2.33. The Bertz CT molecular complexity index is 1260. The van der Waals surface area contributed by atoms with Crippen molar-refractivity contribution in [3.05, 3.63) is 69.0 Å². The van der Waals surface area contributed by atoms with Crippen molar-refractivity contribution in [3.63, 3.8) is 0 Å². The smallest absolute Gasteiger partial charge is 0.258 e. The van der Waals surface area contributed by atoms with Crippen LogP contribution in [0.1, 0.15) is 23.5 Å². The summed E-state index contributed by atoms with van der Waals surface area (Å²) in [6.45, 7) is 1.96. The van der Waals surface area contributed by atoms with Crippen molar-refractivity contribution in [2.24, 2.45) is 0 Å². The number of anilines is 4. The van der Waals surface area contributed by atoms with Gasteiger partial charge in [0, 0.05) is 17.1 Å². The van der Waals surface area contributed by atoms with Crippen LogP contribution in [0.25, 0.3) is 0 Å². The molecule has 0 saturated carbocycles. The molecule has 32 heavy (non-hydrogen) atoms.